The van der Waals surface area contributed by atoms with E-state index in [-0.39, 0.29) is 29.4 Å². The summed E-state index contributed by atoms with van der Waals surface area (Å²) in [5.74, 6) is -0.164. The molecular weight excluding hydrogens is 282 g/mol. The summed E-state index contributed by atoms with van der Waals surface area (Å²) in [5.41, 5.74) is 0.556. The van der Waals surface area contributed by atoms with Crippen molar-refractivity contribution in [2.75, 3.05) is 0 Å². The van der Waals surface area contributed by atoms with Gasteiger partial charge in [-0.05, 0) is 25.3 Å². The second-order valence-electron chi connectivity index (χ2n) is 5.84. The molecule has 0 unspecified atom stereocenters. The van der Waals surface area contributed by atoms with Crippen LogP contribution in [-0.2, 0) is 0 Å². The highest BCUT2D eigenvalue weighted by molar-refractivity contribution is 6.00. The van der Waals surface area contributed by atoms with Crippen LogP contribution < -0.4 is 11.2 Å². The van der Waals surface area contributed by atoms with Gasteiger partial charge >= 0.3 is 5.69 Å². The molecule has 3 rings (SSSR count). The number of aryl methyl sites for hydroxylation is 1. The predicted octanol–water partition coefficient (Wildman–Crippen LogP) is 2.10. The highest BCUT2D eigenvalue weighted by Gasteiger charge is 2.25. The number of carbonyl (C=O) groups is 1. The van der Waals surface area contributed by atoms with E-state index >= 15 is 0 Å². The van der Waals surface area contributed by atoms with Crippen LogP contribution in [0.25, 0.3) is 11.0 Å². The van der Waals surface area contributed by atoms with Gasteiger partial charge in [0.2, 0.25) is 0 Å². The number of hydrogen-bond donors (Lipinski definition) is 1. The van der Waals surface area contributed by atoms with Gasteiger partial charge in [0, 0.05) is 24.0 Å². The molecule has 0 aromatic carbocycles. The molecule has 0 bridgehead atoms. The molecular formula is C16H19N3O3. The molecule has 1 saturated carbocycles. The van der Waals surface area contributed by atoms with Gasteiger partial charge in [0.05, 0.1) is 5.56 Å². The van der Waals surface area contributed by atoms with Crippen molar-refractivity contribution in [3.63, 3.8) is 0 Å². The maximum atomic E-state index is 12.9. The molecule has 1 aliphatic carbocycles. The first-order valence-electron chi connectivity index (χ1n) is 7.72. The molecule has 0 aliphatic heterocycles. The van der Waals surface area contributed by atoms with Crippen LogP contribution in [0.15, 0.2) is 15.8 Å². The smallest absolute Gasteiger partial charge is 0.294 e. The van der Waals surface area contributed by atoms with E-state index in [1.165, 1.54) is 6.20 Å². The fourth-order valence-electron chi connectivity index (χ4n) is 3.38. The van der Waals surface area contributed by atoms with E-state index in [1.807, 2.05) is 0 Å². The van der Waals surface area contributed by atoms with Crippen molar-refractivity contribution in [3.05, 3.63) is 38.2 Å². The lowest BCUT2D eigenvalue weighted by molar-refractivity contribution is 0.0985. The van der Waals surface area contributed by atoms with E-state index in [4.69, 9.17) is 0 Å². The van der Waals surface area contributed by atoms with Crippen molar-refractivity contribution < 1.29 is 4.79 Å². The Morgan fingerprint density at radius 1 is 1.36 bits per heavy atom. The normalized spacial score (nSPS) is 15.5. The molecule has 0 amide bonds. The van der Waals surface area contributed by atoms with Crippen LogP contribution in [0.2, 0.25) is 0 Å². The molecule has 2 aromatic rings. The first kappa shape index (κ1) is 14.7. The van der Waals surface area contributed by atoms with Crippen LogP contribution in [-0.4, -0.2) is 20.3 Å². The second-order valence-corrected chi connectivity index (χ2v) is 5.84. The highest BCUT2D eigenvalue weighted by atomic mass is 16.2. The molecule has 6 nitrogen and oxygen atoms in total. The number of aromatic nitrogens is 3. The molecule has 0 radical (unpaired) electrons. The van der Waals surface area contributed by atoms with Crippen LogP contribution in [0.1, 0.15) is 61.0 Å². The molecule has 1 fully saturated rings. The Hall–Kier alpha value is -2.24. The Balaban J connectivity index is 2.44. The van der Waals surface area contributed by atoms with Gasteiger partial charge in [-0.25, -0.2) is 9.78 Å². The molecule has 22 heavy (non-hydrogen) atoms. The topological polar surface area (TPSA) is 84.8 Å². The molecule has 2 heterocycles. The number of nitrogens with zero attached hydrogens (tertiary/aromatic N) is 2. The summed E-state index contributed by atoms with van der Waals surface area (Å²) in [7, 11) is 0. The predicted molar refractivity (Wildman–Crippen MR) is 83.5 cm³/mol. The van der Waals surface area contributed by atoms with E-state index in [9.17, 15) is 14.4 Å². The van der Waals surface area contributed by atoms with Gasteiger partial charge < -0.3 is 0 Å². The molecule has 1 N–H and O–H groups in total. The Bertz CT molecular complexity index is 857. The Morgan fingerprint density at radius 2 is 2.05 bits per heavy atom. The Morgan fingerprint density at radius 3 is 2.68 bits per heavy atom. The number of pyridine rings is 1. The molecule has 6 heteroatoms. The number of aromatic amines is 1. The zero-order valence-electron chi connectivity index (χ0n) is 12.8. The largest absolute Gasteiger partial charge is 0.346 e. The van der Waals surface area contributed by atoms with Crippen LogP contribution in [0, 0.1) is 6.92 Å². The zero-order chi connectivity index (χ0) is 15.9. The zero-order valence-corrected chi connectivity index (χ0v) is 12.8. The van der Waals surface area contributed by atoms with E-state index in [0.717, 1.165) is 25.7 Å². The van der Waals surface area contributed by atoms with Crippen LogP contribution in [0.3, 0.4) is 0 Å². The van der Waals surface area contributed by atoms with Crippen LogP contribution >= 0.6 is 0 Å². The number of H-pyrrole nitrogens is 1. The van der Waals surface area contributed by atoms with Gasteiger partial charge in [0.15, 0.2) is 5.78 Å². The highest BCUT2D eigenvalue weighted by Crippen LogP contribution is 2.31. The lowest BCUT2D eigenvalue weighted by Gasteiger charge is -2.19. The average Bonchev–Trinajstić information content (AvgIpc) is 3.00. The minimum Gasteiger partial charge on any atom is -0.294 e. The maximum absolute atomic E-state index is 12.9. The standard InChI is InChI=1S/C16H19N3O3/c1-3-12(20)13-9(2)11-8-17-16(22)18-14(11)19(15(13)21)10-6-4-5-7-10/h8,10H,3-7H2,1-2H3,(H,17,18,22). The molecule has 1 aliphatic rings. The van der Waals surface area contributed by atoms with E-state index in [1.54, 1.807) is 18.4 Å². The van der Waals surface area contributed by atoms with Gasteiger partial charge in [-0.3, -0.25) is 19.1 Å². The van der Waals surface area contributed by atoms with Crippen molar-refractivity contribution in [2.45, 2.75) is 52.0 Å². The lowest BCUT2D eigenvalue weighted by Crippen LogP contribution is -2.32. The van der Waals surface area contributed by atoms with Crippen LogP contribution in [0.5, 0.6) is 0 Å². The van der Waals surface area contributed by atoms with Gasteiger partial charge in [-0.1, -0.05) is 19.8 Å². The molecule has 0 saturated heterocycles. The monoisotopic (exact) mass is 301 g/mol. The summed E-state index contributed by atoms with van der Waals surface area (Å²) in [6.45, 7) is 3.49. The third-order valence-electron chi connectivity index (χ3n) is 4.53. The molecule has 0 spiro atoms. The first-order valence-corrected chi connectivity index (χ1v) is 7.72. The maximum Gasteiger partial charge on any atom is 0.346 e. The SMILES string of the molecule is CCC(=O)c1c(C)c2cnc(=O)[nH]c2n(C2CCCC2)c1=O. The van der Waals surface area contributed by atoms with Gasteiger partial charge in [0.1, 0.15) is 5.65 Å². The number of ketones is 1. The first-order chi connectivity index (χ1) is 10.5. The summed E-state index contributed by atoms with van der Waals surface area (Å²) in [6.07, 6.45) is 5.63. The van der Waals surface area contributed by atoms with E-state index in [2.05, 4.69) is 9.97 Å². The fraction of sp³-hybridized carbons (Fsp3) is 0.500. The Kier molecular flexibility index (Phi) is 3.68. The quantitative estimate of drug-likeness (QED) is 0.880. The van der Waals surface area contributed by atoms with Crippen molar-refractivity contribution >= 4 is 16.8 Å². The van der Waals surface area contributed by atoms with E-state index in [0.29, 0.717) is 16.6 Å². The summed E-state index contributed by atoms with van der Waals surface area (Å²) < 4.78 is 1.61. The molecule has 0 atom stereocenters. The fourth-order valence-corrected chi connectivity index (χ4v) is 3.38. The van der Waals surface area contributed by atoms with Gasteiger partial charge in [-0.2, -0.15) is 0 Å². The summed E-state index contributed by atoms with van der Waals surface area (Å²) >= 11 is 0. The van der Waals surface area contributed by atoms with Crippen molar-refractivity contribution in [2.24, 2.45) is 0 Å². The molecule has 2 aromatic heterocycles. The third-order valence-corrected chi connectivity index (χ3v) is 4.53. The van der Waals surface area contributed by atoms with Gasteiger partial charge in [0.25, 0.3) is 5.56 Å². The minimum absolute atomic E-state index is 0.0389. The van der Waals surface area contributed by atoms with Crippen molar-refractivity contribution in [3.8, 4) is 0 Å². The van der Waals surface area contributed by atoms with Crippen LogP contribution in [0.4, 0.5) is 0 Å². The van der Waals surface area contributed by atoms with Gasteiger partial charge in [-0.15, -0.1) is 0 Å². The number of Topliss-reactive ketones (excluding diaryl/α,β-unsaturated/α-hetero) is 1. The lowest BCUT2D eigenvalue weighted by atomic mass is 10.0. The number of rotatable bonds is 3. The number of carbonyl (C=O) groups excluding carboxylic acids is 1. The Labute approximate surface area is 127 Å². The third kappa shape index (κ3) is 2.19. The van der Waals surface area contributed by atoms with Crippen molar-refractivity contribution in [1.82, 2.24) is 14.5 Å². The number of nitrogens with one attached hydrogen (secondary N) is 1. The average molecular weight is 301 g/mol. The minimum atomic E-state index is -0.479. The molecule has 116 valence electrons. The number of fused-ring (bicyclic) bond motifs is 1. The summed E-state index contributed by atoms with van der Waals surface area (Å²) in [6, 6.07) is 0.0389. The number of hydrogen-bond acceptors (Lipinski definition) is 4. The summed E-state index contributed by atoms with van der Waals surface area (Å²) in [5, 5.41) is 0.669. The van der Waals surface area contributed by atoms with Crippen molar-refractivity contribution in [1.29, 1.82) is 0 Å². The van der Waals surface area contributed by atoms with E-state index < -0.39 is 5.69 Å². The second kappa shape index (κ2) is 5.51. The summed E-state index contributed by atoms with van der Waals surface area (Å²) in [4.78, 5) is 43.2.